The molecule has 0 unspecified atom stereocenters. The minimum absolute atomic E-state index is 0.00561. The molecule has 0 saturated heterocycles. The van der Waals surface area contributed by atoms with Crippen molar-refractivity contribution in [3.05, 3.63) is 54.1 Å². The van der Waals surface area contributed by atoms with E-state index in [2.05, 4.69) is 27.4 Å². The molecule has 1 aliphatic carbocycles. The third-order valence-electron chi connectivity index (χ3n) is 4.64. The lowest BCUT2D eigenvalue weighted by atomic mass is 10.3. The molecule has 5 heteroatoms. The van der Waals surface area contributed by atoms with Gasteiger partial charge in [-0.2, -0.15) is 0 Å². The van der Waals surface area contributed by atoms with Gasteiger partial charge in [-0.1, -0.05) is 12.1 Å². The van der Waals surface area contributed by atoms with Crippen LogP contribution in [0.3, 0.4) is 0 Å². The van der Waals surface area contributed by atoms with Gasteiger partial charge in [-0.05, 0) is 44.0 Å². The summed E-state index contributed by atoms with van der Waals surface area (Å²) < 4.78 is 4.31. The second kappa shape index (κ2) is 6.15. The zero-order valence-electron chi connectivity index (χ0n) is 13.9. The first-order valence-electron chi connectivity index (χ1n) is 8.67. The summed E-state index contributed by atoms with van der Waals surface area (Å²) in [6.07, 6.45) is 5.09. The maximum Gasteiger partial charge on any atom is 0.267 e. The maximum atomic E-state index is 12.4. The predicted molar refractivity (Wildman–Crippen MR) is 94.1 cm³/mol. The molecule has 4 rings (SSSR count). The van der Waals surface area contributed by atoms with Gasteiger partial charge in [0.05, 0.1) is 11.0 Å². The first kappa shape index (κ1) is 15.0. The lowest BCUT2D eigenvalue weighted by Gasteiger charge is -2.09. The Balaban J connectivity index is 1.44. The molecule has 2 aromatic heterocycles. The van der Waals surface area contributed by atoms with Gasteiger partial charge in [0.15, 0.2) is 0 Å². The fourth-order valence-electron chi connectivity index (χ4n) is 3.30. The summed E-state index contributed by atoms with van der Waals surface area (Å²) in [5, 5.41) is 3.04. The molecule has 0 atom stereocenters. The highest BCUT2D eigenvalue weighted by Crippen LogP contribution is 2.35. The first-order valence-corrected chi connectivity index (χ1v) is 8.67. The van der Waals surface area contributed by atoms with Crippen molar-refractivity contribution in [2.75, 3.05) is 6.54 Å². The van der Waals surface area contributed by atoms with Crippen molar-refractivity contribution in [1.29, 1.82) is 0 Å². The molecule has 2 heterocycles. The van der Waals surface area contributed by atoms with E-state index in [1.54, 1.807) is 0 Å². The number of nitrogens with one attached hydrogen (secondary N) is 1. The van der Waals surface area contributed by atoms with Gasteiger partial charge in [0.2, 0.25) is 0 Å². The van der Waals surface area contributed by atoms with Crippen molar-refractivity contribution in [3.8, 4) is 0 Å². The Kier molecular flexibility index (Phi) is 3.84. The molecular formula is C19H22N4O. The van der Waals surface area contributed by atoms with Gasteiger partial charge in [0, 0.05) is 31.7 Å². The zero-order valence-corrected chi connectivity index (χ0v) is 13.9. The van der Waals surface area contributed by atoms with Crippen LogP contribution in [0.2, 0.25) is 0 Å². The molecule has 1 aromatic carbocycles. The molecule has 0 aliphatic heterocycles. The minimum Gasteiger partial charge on any atom is -0.350 e. The number of aromatic nitrogens is 3. The van der Waals surface area contributed by atoms with Crippen LogP contribution in [-0.4, -0.2) is 26.6 Å². The number of aryl methyl sites for hydroxylation is 1. The molecule has 124 valence electrons. The van der Waals surface area contributed by atoms with E-state index >= 15 is 0 Å². The van der Waals surface area contributed by atoms with Crippen LogP contribution in [0.25, 0.3) is 11.0 Å². The number of imidazole rings is 1. The average molecular weight is 322 g/mol. The minimum atomic E-state index is 0.00561. The lowest BCUT2D eigenvalue weighted by Crippen LogP contribution is -2.28. The predicted octanol–water partition coefficient (Wildman–Crippen LogP) is 3.17. The zero-order chi connectivity index (χ0) is 16.5. The number of amides is 1. The number of benzene rings is 1. The largest absolute Gasteiger partial charge is 0.350 e. The van der Waals surface area contributed by atoms with E-state index in [-0.39, 0.29) is 5.91 Å². The van der Waals surface area contributed by atoms with Crippen LogP contribution < -0.4 is 5.32 Å². The number of fused-ring (bicyclic) bond motifs is 1. The van der Waals surface area contributed by atoms with Gasteiger partial charge in [0.1, 0.15) is 11.5 Å². The molecule has 24 heavy (non-hydrogen) atoms. The molecule has 1 saturated carbocycles. The van der Waals surface area contributed by atoms with Crippen molar-refractivity contribution in [2.45, 2.75) is 38.8 Å². The van der Waals surface area contributed by atoms with Crippen molar-refractivity contribution in [3.63, 3.8) is 0 Å². The summed E-state index contributed by atoms with van der Waals surface area (Å²) in [5.41, 5.74) is 2.94. The van der Waals surface area contributed by atoms with E-state index in [4.69, 9.17) is 4.98 Å². The van der Waals surface area contributed by atoms with Crippen molar-refractivity contribution < 1.29 is 4.79 Å². The molecule has 0 bridgehead atoms. The smallest absolute Gasteiger partial charge is 0.267 e. The van der Waals surface area contributed by atoms with Crippen LogP contribution in [-0.2, 0) is 13.0 Å². The normalized spacial score (nSPS) is 14.2. The monoisotopic (exact) mass is 322 g/mol. The number of hydrogen-bond acceptors (Lipinski definition) is 2. The second-order valence-electron chi connectivity index (χ2n) is 6.30. The van der Waals surface area contributed by atoms with E-state index in [9.17, 15) is 4.79 Å². The van der Waals surface area contributed by atoms with Crippen molar-refractivity contribution in [2.24, 2.45) is 0 Å². The van der Waals surface area contributed by atoms with Gasteiger partial charge in [-0.15, -0.1) is 0 Å². The molecule has 1 fully saturated rings. The summed E-state index contributed by atoms with van der Waals surface area (Å²) in [4.78, 5) is 17.1. The van der Waals surface area contributed by atoms with Gasteiger partial charge in [-0.25, -0.2) is 4.98 Å². The number of nitrogens with zero attached hydrogens (tertiary/aromatic N) is 3. The average Bonchev–Trinajstić information content (AvgIpc) is 3.21. The van der Waals surface area contributed by atoms with Gasteiger partial charge in [0.25, 0.3) is 5.91 Å². The van der Waals surface area contributed by atoms with E-state index in [0.717, 1.165) is 35.5 Å². The van der Waals surface area contributed by atoms with Crippen LogP contribution in [0.5, 0.6) is 0 Å². The Bertz CT molecular complexity index is 873. The molecule has 0 radical (unpaired) electrons. The van der Waals surface area contributed by atoms with Crippen LogP contribution in [0.15, 0.2) is 42.6 Å². The Morgan fingerprint density at radius 3 is 2.88 bits per heavy atom. The summed E-state index contributed by atoms with van der Waals surface area (Å²) in [5.74, 6) is 1.03. The molecule has 1 amide bonds. The van der Waals surface area contributed by atoms with E-state index in [0.29, 0.717) is 12.6 Å². The molecule has 0 spiro atoms. The summed E-state index contributed by atoms with van der Waals surface area (Å²) >= 11 is 0. The van der Waals surface area contributed by atoms with Crippen LogP contribution >= 0.6 is 0 Å². The summed E-state index contributed by atoms with van der Waals surface area (Å²) in [6.45, 7) is 3.60. The number of hydrogen-bond donors (Lipinski definition) is 1. The molecule has 3 aromatic rings. The highest BCUT2D eigenvalue weighted by Gasteiger charge is 2.26. The number of para-hydroxylation sites is 2. The highest BCUT2D eigenvalue weighted by molar-refractivity contribution is 5.92. The van der Waals surface area contributed by atoms with E-state index < -0.39 is 0 Å². The SMILES string of the molecule is CCn1c(CCNC(=O)c2cccn2C2CC2)nc2ccccc21. The van der Waals surface area contributed by atoms with E-state index in [1.807, 2.05) is 36.5 Å². The third kappa shape index (κ3) is 2.70. The molecule has 5 nitrogen and oxygen atoms in total. The topological polar surface area (TPSA) is 51.9 Å². The highest BCUT2D eigenvalue weighted by atomic mass is 16.1. The quantitative estimate of drug-likeness (QED) is 0.758. The summed E-state index contributed by atoms with van der Waals surface area (Å²) in [7, 11) is 0. The number of carbonyl (C=O) groups excluding carboxylic acids is 1. The first-order chi connectivity index (χ1) is 11.8. The molecule has 1 N–H and O–H groups in total. The fourth-order valence-corrected chi connectivity index (χ4v) is 3.30. The van der Waals surface area contributed by atoms with Crippen LogP contribution in [0.1, 0.15) is 42.1 Å². The summed E-state index contributed by atoms with van der Waals surface area (Å²) in [6, 6.07) is 12.5. The third-order valence-corrected chi connectivity index (χ3v) is 4.64. The van der Waals surface area contributed by atoms with Crippen molar-refractivity contribution >= 4 is 16.9 Å². The molecular weight excluding hydrogens is 300 g/mol. The van der Waals surface area contributed by atoms with E-state index in [1.165, 1.54) is 12.8 Å². The Morgan fingerprint density at radius 2 is 2.08 bits per heavy atom. The van der Waals surface area contributed by atoms with Gasteiger partial charge in [-0.3, -0.25) is 4.79 Å². The standard InChI is InChI=1S/C19H22N4O/c1-2-22-16-7-4-3-6-15(16)21-18(22)11-12-20-19(24)17-8-5-13-23(17)14-9-10-14/h3-8,13-14H,2,9-12H2,1H3,(H,20,24). The van der Waals surface area contributed by atoms with Crippen LogP contribution in [0, 0.1) is 0 Å². The van der Waals surface area contributed by atoms with Gasteiger partial charge < -0.3 is 14.5 Å². The van der Waals surface area contributed by atoms with Crippen molar-refractivity contribution in [1.82, 2.24) is 19.4 Å². The Labute approximate surface area is 141 Å². The van der Waals surface area contributed by atoms with Gasteiger partial charge >= 0.3 is 0 Å². The maximum absolute atomic E-state index is 12.4. The molecule has 1 aliphatic rings. The number of rotatable bonds is 6. The second-order valence-corrected chi connectivity index (χ2v) is 6.30. The lowest BCUT2D eigenvalue weighted by molar-refractivity contribution is 0.0944. The number of carbonyl (C=O) groups is 1. The van der Waals surface area contributed by atoms with Crippen LogP contribution in [0.4, 0.5) is 0 Å². The Hall–Kier alpha value is -2.56. The fraction of sp³-hybridized carbons (Fsp3) is 0.368. The Morgan fingerprint density at radius 1 is 1.25 bits per heavy atom.